The van der Waals surface area contributed by atoms with Crippen molar-refractivity contribution in [3.8, 4) is 17.1 Å². The van der Waals surface area contributed by atoms with E-state index in [9.17, 15) is 9.59 Å². The Balaban J connectivity index is 2.17. The van der Waals surface area contributed by atoms with Gasteiger partial charge in [-0.2, -0.15) is 0 Å². The molecule has 0 saturated carbocycles. The van der Waals surface area contributed by atoms with Crippen LogP contribution in [0.1, 0.15) is 42.1 Å². The first-order valence-corrected chi connectivity index (χ1v) is 8.91. The zero-order valence-electron chi connectivity index (χ0n) is 15.9. The first kappa shape index (κ1) is 18.8. The van der Waals surface area contributed by atoms with Crippen LogP contribution in [0.3, 0.4) is 0 Å². The van der Waals surface area contributed by atoms with Crippen molar-refractivity contribution in [1.29, 1.82) is 0 Å². The molecular formula is C21H22O6. The zero-order valence-corrected chi connectivity index (χ0v) is 15.9. The molecule has 3 rings (SSSR count). The van der Waals surface area contributed by atoms with Crippen LogP contribution >= 0.6 is 0 Å². The molecule has 0 aliphatic rings. The van der Waals surface area contributed by atoms with Crippen LogP contribution in [0.15, 0.2) is 37.9 Å². The Labute approximate surface area is 156 Å². The minimum atomic E-state index is -0.568. The third-order valence-electron chi connectivity index (χ3n) is 4.32. The van der Waals surface area contributed by atoms with Crippen LogP contribution in [0.25, 0.3) is 22.3 Å². The summed E-state index contributed by atoms with van der Waals surface area (Å²) in [5.74, 6) is 0.859. The highest BCUT2D eigenvalue weighted by Crippen LogP contribution is 2.30. The molecule has 0 saturated heterocycles. The largest absolute Gasteiger partial charge is 0.496 e. The van der Waals surface area contributed by atoms with E-state index >= 15 is 0 Å². The maximum absolute atomic E-state index is 13.1. The lowest BCUT2D eigenvalue weighted by atomic mass is 10.0. The molecular weight excluding hydrogens is 348 g/mol. The Bertz CT molecular complexity index is 1040. The highest BCUT2D eigenvalue weighted by atomic mass is 16.5. The van der Waals surface area contributed by atoms with Crippen molar-refractivity contribution in [2.24, 2.45) is 0 Å². The minimum absolute atomic E-state index is 0.0483. The number of hydrogen-bond donors (Lipinski definition) is 0. The highest BCUT2D eigenvalue weighted by Gasteiger charge is 2.20. The first-order valence-electron chi connectivity index (χ1n) is 8.91. The molecule has 0 amide bonds. The van der Waals surface area contributed by atoms with Gasteiger partial charge in [0.05, 0.1) is 19.1 Å². The van der Waals surface area contributed by atoms with Gasteiger partial charge in [0.2, 0.25) is 11.2 Å². The second-order valence-electron chi connectivity index (χ2n) is 6.16. The van der Waals surface area contributed by atoms with Gasteiger partial charge in [-0.1, -0.05) is 13.3 Å². The number of fused-ring (bicyclic) bond motifs is 1. The highest BCUT2D eigenvalue weighted by molar-refractivity contribution is 5.88. The lowest BCUT2D eigenvalue weighted by Crippen LogP contribution is -2.08. The van der Waals surface area contributed by atoms with E-state index in [-0.39, 0.29) is 23.6 Å². The molecule has 0 bridgehead atoms. The normalized spacial score (nSPS) is 11.0. The van der Waals surface area contributed by atoms with Gasteiger partial charge in [0.1, 0.15) is 28.4 Å². The van der Waals surface area contributed by atoms with Crippen molar-refractivity contribution in [1.82, 2.24) is 0 Å². The molecule has 0 aliphatic carbocycles. The number of aryl methyl sites for hydroxylation is 2. The molecule has 6 heteroatoms. The quantitative estimate of drug-likeness (QED) is 0.595. The summed E-state index contributed by atoms with van der Waals surface area (Å²) in [5.41, 5.74) is 1.49. The predicted octanol–water partition coefficient (Wildman–Crippen LogP) is 4.50. The minimum Gasteiger partial charge on any atom is -0.496 e. The van der Waals surface area contributed by atoms with Crippen LogP contribution in [-0.2, 0) is 11.2 Å². The van der Waals surface area contributed by atoms with Crippen molar-refractivity contribution in [2.45, 2.75) is 33.6 Å². The fourth-order valence-corrected chi connectivity index (χ4v) is 3.10. The molecule has 0 unspecified atom stereocenters. The van der Waals surface area contributed by atoms with Crippen LogP contribution in [0.5, 0.6) is 5.75 Å². The van der Waals surface area contributed by atoms with Crippen LogP contribution in [0.4, 0.5) is 0 Å². The third-order valence-corrected chi connectivity index (χ3v) is 4.32. The number of carbonyl (C=O) groups is 1. The number of carbonyl (C=O) groups excluding carboxylic acids is 1. The van der Waals surface area contributed by atoms with E-state index < -0.39 is 5.97 Å². The molecule has 0 atom stereocenters. The van der Waals surface area contributed by atoms with E-state index in [1.807, 2.05) is 6.07 Å². The summed E-state index contributed by atoms with van der Waals surface area (Å²) in [5, 5.41) is 0.453. The molecule has 0 fully saturated rings. The van der Waals surface area contributed by atoms with Gasteiger partial charge < -0.3 is 18.3 Å². The summed E-state index contributed by atoms with van der Waals surface area (Å²) >= 11 is 0. The smallest absolute Gasteiger partial charge is 0.374 e. The lowest BCUT2D eigenvalue weighted by molar-refractivity contribution is 0.0491. The van der Waals surface area contributed by atoms with Crippen molar-refractivity contribution >= 4 is 16.9 Å². The van der Waals surface area contributed by atoms with E-state index in [4.69, 9.17) is 18.3 Å². The summed E-state index contributed by atoms with van der Waals surface area (Å²) in [6, 6.07) is 6.62. The molecule has 0 aliphatic heterocycles. The van der Waals surface area contributed by atoms with Gasteiger partial charge in [0.25, 0.3) is 0 Å². The van der Waals surface area contributed by atoms with Gasteiger partial charge in [-0.05, 0) is 44.0 Å². The van der Waals surface area contributed by atoms with E-state index in [1.54, 1.807) is 33.1 Å². The molecule has 142 valence electrons. The summed E-state index contributed by atoms with van der Waals surface area (Å²) in [7, 11) is 1.60. The fourth-order valence-electron chi connectivity index (χ4n) is 3.10. The average molecular weight is 370 g/mol. The van der Waals surface area contributed by atoms with Gasteiger partial charge >= 0.3 is 5.97 Å². The molecule has 2 heterocycles. The fraction of sp³-hybridized carbons (Fsp3) is 0.333. The second-order valence-corrected chi connectivity index (χ2v) is 6.16. The Hall–Kier alpha value is -3.02. The zero-order chi connectivity index (χ0) is 19.6. The number of rotatable bonds is 6. The molecule has 0 N–H and O–H groups in total. The van der Waals surface area contributed by atoms with Gasteiger partial charge in [-0.25, -0.2) is 4.79 Å². The van der Waals surface area contributed by atoms with Crippen molar-refractivity contribution in [3.05, 3.63) is 51.6 Å². The van der Waals surface area contributed by atoms with Crippen molar-refractivity contribution in [2.75, 3.05) is 13.7 Å². The monoisotopic (exact) mass is 370 g/mol. The van der Waals surface area contributed by atoms with E-state index in [0.29, 0.717) is 28.0 Å². The number of furan rings is 1. The molecule has 2 aromatic heterocycles. The topological polar surface area (TPSA) is 78.9 Å². The summed E-state index contributed by atoms with van der Waals surface area (Å²) in [4.78, 5) is 25.0. The standard InChI is InChI=1S/C21H22O6/c1-5-7-13-10-14-18(11-17(13)24-4)26-12(3)19(20(14)22)15-8-9-16(27-15)21(23)25-6-2/h8-11H,5-7H2,1-4H3. The van der Waals surface area contributed by atoms with Crippen LogP contribution < -0.4 is 10.2 Å². The maximum Gasteiger partial charge on any atom is 0.374 e. The summed E-state index contributed by atoms with van der Waals surface area (Å²) in [6.45, 7) is 5.71. The molecule has 0 spiro atoms. The summed E-state index contributed by atoms with van der Waals surface area (Å²) in [6.07, 6.45) is 1.71. The van der Waals surface area contributed by atoms with Crippen LogP contribution in [0, 0.1) is 6.92 Å². The first-order chi connectivity index (χ1) is 13.0. The Morgan fingerprint density at radius 3 is 2.59 bits per heavy atom. The predicted molar refractivity (Wildman–Crippen MR) is 101 cm³/mol. The number of hydrogen-bond acceptors (Lipinski definition) is 6. The molecule has 6 nitrogen and oxygen atoms in total. The third kappa shape index (κ3) is 3.47. The van der Waals surface area contributed by atoms with E-state index in [2.05, 4.69) is 6.92 Å². The maximum atomic E-state index is 13.1. The number of esters is 1. The Kier molecular flexibility index (Phi) is 5.35. The molecule has 27 heavy (non-hydrogen) atoms. The molecule has 3 aromatic rings. The van der Waals surface area contributed by atoms with E-state index in [1.165, 1.54) is 6.07 Å². The summed E-state index contributed by atoms with van der Waals surface area (Å²) < 4.78 is 21.8. The Morgan fingerprint density at radius 1 is 1.15 bits per heavy atom. The van der Waals surface area contributed by atoms with Crippen molar-refractivity contribution in [3.63, 3.8) is 0 Å². The molecule has 0 radical (unpaired) electrons. The average Bonchev–Trinajstić information content (AvgIpc) is 3.12. The van der Waals surface area contributed by atoms with Gasteiger partial charge in [0, 0.05) is 6.07 Å². The van der Waals surface area contributed by atoms with Crippen LogP contribution in [-0.4, -0.2) is 19.7 Å². The number of benzene rings is 1. The molecule has 1 aromatic carbocycles. The second kappa shape index (κ2) is 7.70. The number of methoxy groups -OCH3 is 1. The lowest BCUT2D eigenvalue weighted by Gasteiger charge is -2.11. The van der Waals surface area contributed by atoms with Gasteiger partial charge in [-0.3, -0.25) is 4.79 Å². The number of ether oxygens (including phenoxy) is 2. The van der Waals surface area contributed by atoms with Gasteiger partial charge in [0.15, 0.2) is 0 Å². The van der Waals surface area contributed by atoms with E-state index in [0.717, 1.165) is 18.4 Å². The van der Waals surface area contributed by atoms with Gasteiger partial charge in [-0.15, -0.1) is 0 Å². The Morgan fingerprint density at radius 2 is 1.93 bits per heavy atom. The SMILES string of the molecule is CCCc1cc2c(=O)c(-c3ccc(C(=O)OCC)o3)c(C)oc2cc1OC. The van der Waals surface area contributed by atoms with Crippen molar-refractivity contribution < 1.29 is 23.1 Å². The van der Waals surface area contributed by atoms with Crippen LogP contribution in [0.2, 0.25) is 0 Å².